The van der Waals surface area contributed by atoms with Gasteiger partial charge in [-0.1, -0.05) is 60.7 Å². The molecule has 2 aromatic rings. The molecule has 0 spiro atoms. The third-order valence-electron chi connectivity index (χ3n) is 5.89. The molecule has 1 fully saturated rings. The van der Waals surface area contributed by atoms with Gasteiger partial charge in [-0.25, -0.2) is 4.99 Å². The first kappa shape index (κ1) is 16.5. The fourth-order valence-corrected chi connectivity index (χ4v) is 4.63. The topological polar surface area (TPSA) is 62.4 Å². The van der Waals surface area contributed by atoms with Gasteiger partial charge in [-0.3, -0.25) is 10.6 Å². The zero-order chi connectivity index (χ0) is 18.4. The van der Waals surface area contributed by atoms with Gasteiger partial charge >= 0.3 is 0 Å². The number of benzene rings is 2. The molecule has 0 radical (unpaired) electrons. The molecule has 0 bridgehead atoms. The first-order valence-electron chi connectivity index (χ1n) is 9.60. The number of hydrogen-bond donors (Lipinski definition) is 3. The van der Waals surface area contributed by atoms with Crippen molar-refractivity contribution in [3.05, 3.63) is 77.9 Å². The second-order valence-corrected chi connectivity index (χ2v) is 7.60. The fourth-order valence-electron chi connectivity index (χ4n) is 4.63. The van der Waals surface area contributed by atoms with Gasteiger partial charge in [0.15, 0.2) is 0 Å². The summed E-state index contributed by atoms with van der Waals surface area (Å²) in [6, 6.07) is 13.2. The van der Waals surface area contributed by atoms with Crippen LogP contribution in [0.4, 0.5) is 5.69 Å². The van der Waals surface area contributed by atoms with Crippen molar-refractivity contribution in [3.8, 4) is 0 Å². The highest BCUT2D eigenvalue weighted by Gasteiger charge is 2.40. The van der Waals surface area contributed by atoms with Gasteiger partial charge in [0.1, 0.15) is 12.0 Å². The van der Waals surface area contributed by atoms with E-state index in [0.717, 1.165) is 12.1 Å². The minimum absolute atomic E-state index is 0.133. The van der Waals surface area contributed by atoms with Crippen molar-refractivity contribution in [3.63, 3.8) is 0 Å². The predicted octanol–water partition coefficient (Wildman–Crippen LogP) is 3.47. The SMILES string of the molecule is Cc1cccc2cccc(N=C(N)C3NC4C=CC=C5C=CCC(N3)C54)c12. The van der Waals surface area contributed by atoms with E-state index in [-0.39, 0.29) is 12.2 Å². The minimum atomic E-state index is -0.133. The summed E-state index contributed by atoms with van der Waals surface area (Å²) in [5.41, 5.74) is 10.0. The summed E-state index contributed by atoms with van der Waals surface area (Å²) in [5.74, 6) is 1.05. The van der Waals surface area contributed by atoms with Crippen molar-refractivity contribution >= 4 is 22.3 Å². The second-order valence-electron chi connectivity index (χ2n) is 7.60. The molecule has 2 aromatic carbocycles. The molecule has 0 amide bonds. The van der Waals surface area contributed by atoms with E-state index in [4.69, 9.17) is 10.7 Å². The Morgan fingerprint density at radius 2 is 2.00 bits per heavy atom. The lowest BCUT2D eigenvalue weighted by Gasteiger charge is -2.45. The van der Waals surface area contributed by atoms with Crippen LogP contribution in [0.25, 0.3) is 10.8 Å². The number of fused-ring (bicyclic) bond motifs is 1. The fraction of sp³-hybridized carbons (Fsp3) is 0.261. The number of nitrogens with two attached hydrogens (primary N) is 1. The summed E-state index contributed by atoms with van der Waals surface area (Å²) in [4.78, 5) is 4.83. The van der Waals surface area contributed by atoms with Gasteiger partial charge < -0.3 is 5.73 Å². The molecule has 0 saturated carbocycles. The van der Waals surface area contributed by atoms with Gasteiger partial charge in [-0.15, -0.1) is 0 Å². The van der Waals surface area contributed by atoms with Crippen LogP contribution in [-0.4, -0.2) is 24.1 Å². The van der Waals surface area contributed by atoms with E-state index in [2.05, 4.69) is 72.2 Å². The third kappa shape index (κ3) is 2.82. The highest BCUT2D eigenvalue weighted by Crippen LogP contribution is 2.34. The summed E-state index contributed by atoms with van der Waals surface area (Å²) in [7, 11) is 0. The van der Waals surface area contributed by atoms with E-state index in [1.54, 1.807) is 0 Å². The molecule has 3 aliphatic rings. The molecule has 4 atom stereocenters. The molecule has 1 saturated heterocycles. The maximum Gasteiger partial charge on any atom is 0.132 e. The molecule has 1 aliphatic heterocycles. The molecule has 4 N–H and O–H groups in total. The van der Waals surface area contributed by atoms with Gasteiger partial charge in [-0.05, 0) is 35.9 Å². The van der Waals surface area contributed by atoms with Crippen molar-refractivity contribution in [2.24, 2.45) is 16.6 Å². The van der Waals surface area contributed by atoms with E-state index in [1.165, 1.54) is 21.9 Å². The van der Waals surface area contributed by atoms with Crippen molar-refractivity contribution in [2.75, 3.05) is 0 Å². The van der Waals surface area contributed by atoms with Gasteiger partial charge in [0.2, 0.25) is 0 Å². The number of aryl methyl sites for hydroxylation is 1. The number of hydrogen-bond acceptors (Lipinski definition) is 3. The number of rotatable bonds is 2. The first-order chi connectivity index (χ1) is 13.2. The van der Waals surface area contributed by atoms with Crippen molar-refractivity contribution < 1.29 is 0 Å². The van der Waals surface area contributed by atoms with Gasteiger partial charge in [0.25, 0.3) is 0 Å². The molecule has 27 heavy (non-hydrogen) atoms. The van der Waals surface area contributed by atoms with E-state index >= 15 is 0 Å². The summed E-state index contributed by atoms with van der Waals surface area (Å²) < 4.78 is 0. The van der Waals surface area contributed by atoms with Crippen LogP contribution >= 0.6 is 0 Å². The van der Waals surface area contributed by atoms with Gasteiger partial charge in [0, 0.05) is 23.4 Å². The zero-order valence-electron chi connectivity index (χ0n) is 15.4. The van der Waals surface area contributed by atoms with E-state index < -0.39 is 0 Å². The average Bonchev–Trinajstić information content (AvgIpc) is 2.68. The number of amidine groups is 1. The largest absolute Gasteiger partial charge is 0.385 e. The Hall–Kier alpha value is -2.69. The number of nitrogens with zero attached hydrogens (tertiary/aromatic N) is 1. The molecule has 4 nitrogen and oxygen atoms in total. The van der Waals surface area contributed by atoms with Crippen LogP contribution in [-0.2, 0) is 0 Å². The quantitative estimate of drug-likeness (QED) is 0.570. The molecule has 4 heteroatoms. The summed E-state index contributed by atoms with van der Waals surface area (Å²) in [6.45, 7) is 2.12. The summed E-state index contributed by atoms with van der Waals surface area (Å²) in [6.07, 6.45) is 12.0. The Bertz CT molecular complexity index is 1010. The van der Waals surface area contributed by atoms with Crippen LogP contribution < -0.4 is 16.4 Å². The van der Waals surface area contributed by atoms with E-state index in [9.17, 15) is 0 Å². The molecular weight excluding hydrogens is 332 g/mol. The molecule has 2 aliphatic carbocycles. The number of aliphatic imine (C=N–C) groups is 1. The molecule has 136 valence electrons. The monoisotopic (exact) mass is 356 g/mol. The Balaban J connectivity index is 1.49. The Morgan fingerprint density at radius 3 is 2.89 bits per heavy atom. The normalized spacial score (nSPS) is 29.5. The van der Waals surface area contributed by atoms with Gasteiger partial charge in [0.05, 0.1) is 5.69 Å². The van der Waals surface area contributed by atoms with Crippen LogP contribution in [0, 0.1) is 12.8 Å². The van der Waals surface area contributed by atoms with E-state index in [0.29, 0.717) is 17.8 Å². The number of allylic oxidation sites excluding steroid dienone is 3. The lowest BCUT2D eigenvalue weighted by molar-refractivity contribution is 0.239. The van der Waals surface area contributed by atoms with Crippen LogP contribution in [0.1, 0.15) is 12.0 Å². The van der Waals surface area contributed by atoms with Crippen molar-refractivity contribution in [1.29, 1.82) is 0 Å². The lowest BCUT2D eigenvalue weighted by atomic mass is 9.75. The molecule has 5 rings (SSSR count). The minimum Gasteiger partial charge on any atom is -0.385 e. The van der Waals surface area contributed by atoms with E-state index in [1.807, 2.05) is 12.1 Å². The lowest BCUT2D eigenvalue weighted by Crippen LogP contribution is -2.67. The first-order valence-corrected chi connectivity index (χ1v) is 9.60. The molecule has 1 heterocycles. The maximum atomic E-state index is 6.48. The highest BCUT2D eigenvalue weighted by atomic mass is 15.2. The summed E-state index contributed by atoms with van der Waals surface area (Å²) >= 11 is 0. The van der Waals surface area contributed by atoms with Crippen LogP contribution in [0.5, 0.6) is 0 Å². The Morgan fingerprint density at radius 1 is 1.15 bits per heavy atom. The van der Waals surface area contributed by atoms with Crippen LogP contribution in [0.3, 0.4) is 0 Å². The average molecular weight is 356 g/mol. The standard InChI is InChI=1S/C23H24N4/c1-14-6-2-7-15-8-3-11-17(20(14)15)25-22(24)23-26-18-12-4-9-16-10-5-13-19(27-23)21(16)18/h2-12,18-19,21,23,26-27H,13H2,1H3,(H2,24,25). The second kappa shape index (κ2) is 6.48. The predicted molar refractivity (Wildman–Crippen MR) is 112 cm³/mol. The molecule has 4 unspecified atom stereocenters. The van der Waals surface area contributed by atoms with Crippen LogP contribution in [0.15, 0.2) is 77.3 Å². The zero-order valence-corrected chi connectivity index (χ0v) is 15.4. The highest BCUT2D eigenvalue weighted by molar-refractivity contribution is 5.98. The molecular formula is C23H24N4. The molecule has 0 aromatic heterocycles. The van der Waals surface area contributed by atoms with Crippen LogP contribution in [0.2, 0.25) is 0 Å². The number of nitrogens with one attached hydrogen (secondary N) is 2. The summed E-state index contributed by atoms with van der Waals surface area (Å²) in [5, 5.41) is 9.67. The van der Waals surface area contributed by atoms with Crippen molar-refractivity contribution in [2.45, 2.75) is 31.6 Å². The Labute approximate surface area is 159 Å². The van der Waals surface area contributed by atoms with Crippen molar-refractivity contribution in [1.82, 2.24) is 10.6 Å². The smallest absolute Gasteiger partial charge is 0.132 e. The van der Waals surface area contributed by atoms with Gasteiger partial charge in [-0.2, -0.15) is 0 Å². The maximum absolute atomic E-state index is 6.48. The Kier molecular flexibility index (Phi) is 3.96. The third-order valence-corrected chi connectivity index (χ3v) is 5.89.